The highest BCUT2D eigenvalue weighted by Crippen LogP contribution is 2.89. The van der Waals surface area contributed by atoms with E-state index in [4.69, 9.17) is 0 Å². The molecule has 4 saturated carbocycles. The van der Waals surface area contributed by atoms with Gasteiger partial charge in [0.05, 0.1) is 0 Å². The van der Waals surface area contributed by atoms with E-state index >= 15 is 0 Å². The second-order valence-electron chi connectivity index (χ2n) is 12.3. The van der Waals surface area contributed by atoms with Crippen molar-refractivity contribution in [3.8, 4) is 22.3 Å². The standard InChI is InChI=1S/C34H25BrS/c35-22-7-9-25-24-8-5-20(14-29(24)36-30(25)16-22)19-6-10-28-26(13-19)23-3-1-2-4-27(23)34(28)31-12-18-11-21-15-32(34)33(21,31)17-18/h1-10,13-14,16,18,21,31-32H,11-12,15,17H2. The Morgan fingerprint density at radius 2 is 1.44 bits per heavy atom. The number of halogens is 1. The van der Waals surface area contributed by atoms with Crippen LogP contribution in [-0.2, 0) is 5.41 Å². The minimum atomic E-state index is 0.305. The van der Waals surface area contributed by atoms with Crippen molar-refractivity contribution in [1.29, 1.82) is 0 Å². The fourth-order valence-electron chi connectivity index (χ4n) is 10.4. The van der Waals surface area contributed by atoms with E-state index in [0.29, 0.717) is 10.8 Å². The summed E-state index contributed by atoms with van der Waals surface area (Å²) >= 11 is 5.55. The molecule has 2 heteroatoms. The van der Waals surface area contributed by atoms with E-state index in [0.717, 1.165) is 28.1 Å². The van der Waals surface area contributed by atoms with Crippen LogP contribution in [0, 0.1) is 29.1 Å². The molecule has 4 fully saturated rings. The van der Waals surface area contributed by atoms with Crippen LogP contribution in [-0.4, -0.2) is 0 Å². The van der Waals surface area contributed by atoms with Crippen molar-refractivity contribution >= 4 is 47.4 Å². The third-order valence-corrected chi connectivity index (χ3v) is 13.0. The van der Waals surface area contributed by atoms with Gasteiger partial charge in [-0.25, -0.2) is 0 Å². The molecule has 6 unspecified atom stereocenters. The molecule has 0 radical (unpaired) electrons. The molecule has 0 aliphatic heterocycles. The first-order valence-corrected chi connectivity index (χ1v) is 15.2. The molecule has 0 N–H and O–H groups in total. The van der Waals surface area contributed by atoms with Gasteiger partial charge in [-0.05, 0) is 112 Å². The lowest BCUT2D eigenvalue weighted by Crippen LogP contribution is -2.73. The molecule has 5 aliphatic carbocycles. The fourth-order valence-corrected chi connectivity index (χ4v) is 12.1. The van der Waals surface area contributed by atoms with Gasteiger partial charge >= 0.3 is 0 Å². The molecule has 1 heterocycles. The Morgan fingerprint density at radius 3 is 2.36 bits per heavy atom. The van der Waals surface area contributed by atoms with Gasteiger partial charge in [0.25, 0.3) is 0 Å². The van der Waals surface area contributed by atoms with Gasteiger partial charge in [0.2, 0.25) is 0 Å². The highest BCUT2D eigenvalue weighted by molar-refractivity contribution is 9.10. The monoisotopic (exact) mass is 544 g/mol. The van der Waals surface area contributed by atoms with Crippen LogP contribution >= 0.6 is 27.3 Å². The first kappa shape index (κ1) is 19.7. The first-order valence-electron chi connectivity index (χ1n) is 13.5. The summed E-state index contributed by atoms with van der Waals surface area (Å²) in [5, 5.41) is 2.73. The minimum absolute atomic E-state index is 0.305. The average molecular weight is 546 g/mol. The Bertz CT molecular complexity index is 1810. The number of fused-ring (bicyclic) bond motifs is 11. The molecule has 174 valence electrons. The molecule has 6 atom stereocenters. The van der Waals surface area contributed by atoms with Crippen LogP contribution in [0.1, 0.15) is 36.8 Å². The molecule has 2 bridgehead atoms. The van der Waals surface area contributed by atoms with E-state index in [2.05, 4.69) is 94.8 Å². The summed E-state index contributed by atoms with van der Waals surface area (Å²) in [6.45, 7) is 0. The molecular formula is C34H25BrS. The van der Waals surface area contributed by atoms with Crippen LogP contribution in [0.2, 0.25) is 0 Å². The second-order valence-corrected chi connectivity index (χ2v) is 14.3. The Morgan fingerprint density at radius 1 is 0.694 bits per heavy atom. The number of thiophene rings is 1. The van der Waals surface area contributed by atoms with Crippen LogP contribution in [0.25, 0.3) is 42.4 Å². The highest BCUT2D eigenvalue weighted by Gasteiger charge is 2.84. The smallest absolute Gasteiger partial charge is 0.0366 e. The van der Waals surface area contributed by atoms with Crippen molar-refractivity contribution in [3.05, 3.63) is 94.5 Å². The molecule has 4 aromatic carbocycles. The van der Waals surface area contributed by atoms with Crippen molar-refractivity contribution in [3.63, 3.8) is 0 Å². The molecule has 2 spiro atoms. The molecule has 10 rings (SSSR count). The molecule has 1 aromatic heterocycles. The molecule has 5 aliphatic rings. The van der Waals surface area contributed by atoms with Gasteiger partial charge in [-0.15, -0.1) is 11.3 Å². The van der Waals surface area contributed by atoms with Crippen molar-refractivity contribution in [1.82, 2.24) is 0 Å². The van der Waals surface area contributed by atoms with E-state index in [9.17, 15) is 0 Å². The second kappa shape index (κ2) is 6.17. The predicted octanol–water partition coefficient (Wildman–Crippen LogP) is 9.82. The zero-order chi connectivity index (χ0) is 23.4. The molecule has 36 heavy (non-hydrogen) atoms. The summed E-state index contributed by atoms with van der Waals surface area (Å²) < 4.78 is 3.88. The lowest BCUT2D eigenvalue weighted by atomic mass is 9.27. The van der Waals surface area contributed by atoms with E-state index < -0.39 is 0 Å². The Labute approximate surface area is 223 Å². The van der Waals surface area contributed by atoms with E-state index in [-0.39, 0.29) is 0 Å². The summed E-state index contributed by atoms with van der Waals surface area (Å²) in [6, 6.07) is 30.7. The summed E-state index contributed by atoms with van der Waals surface area (Å²) in [7, 11) is 0. The average Bonchev–Trinajstić information content (AvgIpc) is 3.60. The minimum Gasteiger partial charge on any atom is -0.135 e. The maximum atomic E-state index is 3.64. The number of benzene rings is 4. The van der Waals surface area contributed by atoms with Gasteiger partial charge in [-0.3, -0.25) is 0 Å². The van der Waals surface area contributed by atoms with Crippen LogP contribution in [0.15, 0.2) is 83.3 Å². The molecule has 0 saturated heterocycles. The maximum Gasteiger partial charge on any atom is 0.0366 e. The zero-order valence-electron chi connectivity index (χ0n) is 19.9. The van der Waals surface area contributed by atoms with Gasteiger partial charge in [0.1, 0.15) is 0 Å². The molecular weight excluding hydrogens is 520 g/mol. The normalized spacial score (nSPS) is 34.0. The summed E-state index contributed by atoms with van der Waals surface area (Å²) in [5.74, 6) is 3.82. The first-order chi connectivity index (χ1) is 17.7. The van der Waals surface area contributed by atoms with Crippen molar-refractivity contribution in [2.45, 2.75) is 31.1 Å². The van der Waals surface area contributed by atoms with E-state index in [1.54, 1.807) is 11.1 Å². The summed E-state index contributed by atoms with van der Waals surface area (Å²) in [4.78, 5) is 0. The Kier molecular flexibility index (Phi) is 3.37. The number of rotatable bonds is 1. The molecule has 0 amide bonds. The van der Waals surface area contributed by atoms with Gasteiger partial charge < -0.3 is 0 Å². The van der Waals surface area contributed by atoms with Crippen LogP contribution in [0.5, 0.6) is 0 Å². The Hall–Kier alpha value is -2.42. The van der Waals surface area contributed by atoms with E-state index in [1.807, 2.05) is 11.3 Å². The third-order valence-electron chi connectivity index (χ3n) is 11.4. The lowest BCUT2D eigenvalue weighted by Gasteiger charge is -2.76. The topological polar surface area (TPSA) is 0 Å². The quantitative estimate of drug-likeness (QED) is 0.197. The number of hydrogen-bond acceptors (Lipinski definition) is 1. The van der Waals surface area contributed by atoms with Crippen molar-refractivity contribution < 1.29 is 0 Å². The SMILES string of the molecule is Brc1ccc2c(c1)sc1cc(-c3ccc4c(c3)-c3ccccc3C43C4CC5CC6CC3C64C5)ccc12. The van der Waals surface area contributed by atoms with E-state index in [1.165, 1.54) is 68.1 Å². The highest BCUT2D eigenvalue weighted by atomic mass is 79.9. The summed E-state index contributed by atoms with van der Waals surface area (Å²) in [5.41, 5.74) is 10.1. The van der Waals surface area contributed by atoms with Gasteiger partial charge in [-0.1, -0.05) is 70.5 Å². The number of hydrogen-bond donors (Lipinski definition) is 0. The summed E-state index contributed by atoms with van der Waals surface area (Å²) in [6.07, 6.45) is 6.02. The predicted molar refractivity (Wildman–Crippen MR) is 154 cm³/mol. The Balaban J connectivity index is 1.15. The largest absolute Gasteiger partial charge is 0.135 e. The van der Waals surface area contributed by atoms with Crippen LogP contribution in [0.4, 0.5) is 0 Å². The maximum absolute atomic E-state index is 3.64. The third kappa shape index (κ3) is 1.97. The van der Waals surface area contributed by atoms with Crippen LogP contribution < -0.4 is 0 Å². The fraction of sp³-hybridized carbons (Fsp3) is 0.294. The van der Waals surface area contributed by atoms with Crippen molar-refractivity contribution in [2.75, 3.05) is 0 Å². The van der Waals surface area contributed by atoms with Crippen molar-refractivity contribution in [2.24, 2.45) is 29.1 Å². The zero-order valence-corrected chi connectivity index (χ0v) is 22.3. The van der Waals surface area contributed by atoms with Gasteiger partial charge in [-0.2, -0.15) is 0 Å². The van der Waals surface area contributed by atoms with Gasteiger partial charge in [0, 0.05) is 30.1 Å². The van der Waals surface area contributed by atoms with Gasteiger partial charge in [0.15, 0.2) is 0 Å². The lowest BCUT2D eigenvalue weighted by molar-refractivity contribution is -0.231. The molecule has 0 nitrogen and oxygen atoms in total. The molecule has 5 aromatic rings. The van der Waals surface area contributed by atoms with Crippen LogP contribution in [0.3, 0.4) is 0 Å².